The number of carbonyl (C=O) groups is 1. The zero-order valence-electron chi connectivity index (χ0n) is 13.8. The monoisotopic (exact) mass is 342 g/mol. The van der Waals surface area contributed by atoms with E-state index in [1.54, 1.807) is 30.1 Å². The molecule has 7 heteroatoms. The number of hydrogen-bond donors (Lipinski definition) is 0. The highest BCUT2D eigenvalue weighted by atomic mass is 16.6. The summed E-state index contributed by atoms with van der Waals surface area (Å²) in [5, 5.41) is 10.8. The minimum atomic E-state index is -0.444. The Balaban J connectivity index is 1.64. The standard InChI is InChI=1S/C18H18N2O5/c1-19(12-14-3-2-4-15(9-14)20(22)23)18(21)11-13-5-6-16-17(10-13)25-8-7-24-16/h2-6,9-10H,7-8,11-12H2,1H3. The van der Waals surface area contributed by atoms with Gasteiger partial charge >= 0.3 is 0 Å². The molecule has 1 heterocycles. The summed E-state index contributed by atoms with van der Waals surface area (Å²) >= 11 is 0. The molecule has 0 unspecified atom stereocenters. The first-order valence-electron chi connectivity index (χ1n) is 7.89. The molecule has 25 heavy (non-hydrogen) atoms. The summed E-state index contributed by atoms with van der Waals surface area (Å²) in [6, 6.07) is 11.7. The third kappa shape index (κ3) is 4.06. The predicted octanol–water partition coefficient (Wildman–Crippen LogP) is 2.57. The summed E-state index contributed by atoms with van der Waals surface area (Å²) in [5.41, 5.74) is 1.57. The minimum Gasteiger partial charge on any atom is -0.486 e. The highest BCUT2D eigenvalue weighted by Gasteiger charge is 2.16. The Labute approximate surface area is 144 Å². The summed E-state index contributed by atoms with van der Waals surface area (Å²) in [6.45, 7) is 1.33. The van der Waals surface area contributed by atoms with Crippen LogP contribution in [-0.4, -0.2) is 36.0 Å². The Morgan fingerprint density at radius 2 is 1.88 bits per heavy atom. The van der Waals surface area contributed by atoms with E-state index in [1.807, 2.05) is 12.1 Å². The Hall–Kier alpha value is -3.09. The highest BCUT2D eigenvalue weighted by Crippen LogP contribution is 2.31. The highest BCUT2D eigenvalue weighted by molar-refractivity contribution is 5.78. The first-order chi connectivity index (χ1) is 12.0. The number of carbonyl (C=O) groups excluding carboxylic acids is 1. The van der Waals surface area contributed by atoms with Gasteiger partial charge in [0.05, 0.1) is 11.3 Å². The van der Waals surface area contributed by atoms with E-state index in [0.717, 1.165) is 5.56 Å². The lowest BCUT2D eigenvalue weighted by atomic mass is 10.1. The normalized spacial score (nSPS) is 12.5. The number of ether oxygens (including phenoxy) is 2. The van der Waals surface area contributed by atoms with Crippen LogP contribution in [0.3, 0.4) is 0 Å². The smallest absolute Gasteiger partial charge is 0.269 e. The summed E-state index contributed by atoms with van der Waals surface area (Å²) in [5.74, 6) is 1.26. The zero-order valence-corrected chi connectivity index (χ0v) is 13.8. The average Bonchev–Trinajstić information content (AvgIpc) is 2.61. The first kappa shape index (κ1) is 16.8. The van der Waals surface area contributed by atoms with E-state index in [4.69, 9.17) is 9.47 Å². The molecule has 0 fully saturated rings. The van der Waals surface area contributed by atoms with Crippen molar-refractivity contribution in [3.63, 3.8) is 0 Å². The molecule has 3 rings (SSSR count). The first-order valence-corrected chi connectivity index (χ1v) is 7.89. The maximum Gasteiger partial charge on any atom is 0.269 e. The molecule has 0 saturated heterocycles. The zero-order chi connectivity index (χ0) is 17.8. The van der Waals surface area contributed by atoms with Gasteiger partial charge in [-0.3, -0.25) is 14.9 Å². The van der Waals surface area contributed by atoms with Crippen LogP contribution in [0.5, 0.6) is 11.5 Å². The quantitative estimate of drug-likeness (QED) is 0.616. The molecule has 0 aliphatic carbocycles. The summed E-state index contributed by atoms with van der Waals surface area (Å²) < 4.78 is 11.0. The Bertz CT molecular complexity index is 806. The number of fused-ring (bicyclic) bond motifs is 1. The van der Waals surface area contributed by atoms with Gasteiger partial charge in [0.1, 0.15) is 13.2 Å². The second-order valence-electron chi connectivity index (χ2n) is 5.83. The summed E-state index contributed by atoms with van der Waals surface area (Å²) in [6.07, 6.45) is 0.224. The van der Waals surface area contributed by atoms with Crippen LogP contribution in [0.1, 0.15) is 11.1 Å². The van der Waals surface area contributed by atoms with E-state index in [2.05, 4.69) is 0 Å². The molecule has 1 aliphatic heterocycles. The molecule has 2 aromatic rings. The van der Waals surface area contributed by atoms with Gasteiger partial charge in [-0.2, -0.15) is 0 Å². The minimum absolute atomic E-state index is 0.0187. The number of rotatable bonds is 5. The van der Waals surface area contributed by atoms with Gasteiger partial charge in [0.25, 0.3) is 5.69 Å². The van der Waals surface area contributed by atoms with E-state index in [9.17, 15) is 14.9 Å². The summed E-state index contributed by atoms with van der Waals surface area (Å²) in [4.78, 5) is 24.4. The van der Waals surface area contributed by atoms with Crippen LogP contribution in [0.25, 0.3) is 0 Å². The van der Waals surface area contributed by atoms with Gasteiger partial charge in [-0.15, -0.1) is 0 Å². The largest absolute Gasteiger partial charge is 0.486 e. The number of hydrogen-bond acceptors (Lipinski definition) is 5. The van der Waals surface area contributed by atoms with Crippen molar-refractivity contribution in [2.75, 3.05) is 20.3 Å². The van der Waals surface area contributed by atoms with Gasteiger partial charge in [-0.1, -0.05) is 18.2 Å². The molecule has 1 aliphatic rings. The molecule has 0 atom stereocenters. The van der Waals surface area contributed by atoms with E-state index < -0.39 is 4.92 Å². The second-order valence-corrected chi connectivity index (χ2v) is 5.83. The fourth-order valence-electron chi connectivity index (χ4n) is 2.64. The number of nitrogens with zero attached hydrogens (tertiary/aromatic N) is 2. The van der Waals surface area contributed by atoms with E-state index in [1.165, 1.54) is 12.1 Å². The van der Waals surface area contributed by atoms with Crippen molar-refractivity contribution in [3.8, 4) is 11.5 Å². The van der Waals surface area contributed by atoms with Crippen molar-refractivity contribution in [1.29, 1.82) is 0 Å². The van der Waals surface area contributed by atoms with Gasteiger partial charge in [0.15, 0.2) is 11.5 Å². The van der Waals surface area contributed by atoms with Gasteiger partial charge in [-0.05, 0) is 23.3 Å². The van der Waals surface area contributed by atoms with Crippen LogP contribution < -0.4 is 9.47 Å². The van der Waals surface area contributed by atoms with Crippen LogP contribution in [0.2, 0.25) is 0 Å². The van der Waals surface area contributed by atoms with Crippen LogP contribution in [0.15, 0.2) is 42.5 Å². The Morgan fingerprint density at radius 1 is 1.12 bits per heavy atom. The lowest BCUT2D eigenvalue weighted by Crippen LogP contribution is -2.27. The van der Waals surface area contributed by atoms with Crippen molar-refractivity contribution in [2.24, 2.45) is 0 Å². The second kappa shape index (κ2) is 7.21. The molecule has 1 amide bonds. The third-order valence-electron chi connectivity index (χ3n) is 3.93. The molecule has 0 aromatic heterocycles. The van der Waals surface area contributed by atoms with Gasteiger partial charge < -0.3 is 14.4 Å². The lowest BCUT2D eigenvalue weighted by Gasteiger charge is -2.20. The topological polar surface area (TPSA) is 81.9 Å². The molecular weight excluding hydrogens is 324 g/mol. The molecule has 0 spiro atoms. The number of nitro benzene ring substituents is 1. The number of likely N-dealkylation sites (N-methyl/N-ethyl adjacent to an activating group) is 1. The van der Waals surface area contributed by atoms with Crippen molar-refractivity contribution >= 4 is 11.6 Å². The van der Waals surface area contributed by atoms with Crippen LogP contribution in [0, 0.1) is 10.1 Å². The maximum atomic E-state index is 12.4. The molecule has 0 radical (unpaired) electrons. The number of amides is 1. The molecule has 0 saturated carbocycles. The van der Waals surface area contributed by atoms with Gasteiger partial charge in [0.2, 0.25) is 5.91 Å². The third-order valence-corrected chi connectivity index (χ3v) is 3.93. The number of non-ortho nitro benzene ring substituents is 1. The van der Waals surface area contributed by atoms with Crippen molar-refractivity contribution in [1.82, 2.24) is 4.90 Å². The van der Waals surface area contributed by atoms with Crippen molar-refractivity contribution in [2.45, 2.75) is 13.0 Å². The van der Waals surface area contributed by atoms with Crippen LogP contribution in [-0.2, 0) is 17.8 Å². The Kier molecular flexibility index (Phi) is 4.83. The fourth-order valence-corrected chi connectivity index (χ4v) is 2.64. The number of benzene rings is 2. The average molecular weight is 342 g/mol. The SMILES string of the molecule is CN(Cc1cccc([N+](=O)[O-])c1)C(=O)Cc1ccc2c(c1)OCCO2. The molecule has 2 aromatic carbocycles. The van der Waals surface area contributed by atoms with Crippen LogP contribution in [0.4, 0.5) is 5.69 Å². The molecule has 0 bridgehead atoms. The molecule has 0 N–H and O–H groups in total. The van der Waals surface area contributed by atoms with E-state index >= 15 is 0 Å². The molecular formula is C18H18N2O5. The fraction of sp³-hybridized carbons (Fsp3) is 0.278. The summed E-state index contributed by atoms with van der Waals surface area (Å²) in [7, 11) is 1.68. The van der Waals surface area contributed by atoms with Crippen molar-refractivity contribution in [3.05, 3.63) is 63.7 Å². The van der Waals surface area contributed by atoms with E-state index in [-0.39, 0.29) is 18.0 Å². The Morgan fingerprint density at radius 3 is 2.64 bits per heavy atom. The predicted molar refractivity (Wildman–Crippen MR) is 90.7 cm³/mol. The van der Waals surface area contributed by atoms with Gasteiger partial charge in [-0.25, -0.2) is 0 Å². The van der Waals surface area contributed by atoms with Gasteiger partial charge in [0, 0.05) is 25.7 Å². The number of nitro groups is 1. The van der Waals surface area contributed by atoms with E-state index in [0.29, 0.717) is 36.8 Å². The van der Waals surface area contributed by atoms with Crippen LogP contribution >= 0.6 is 0 Å². The molecule has 130 valence electrons. The maximum absolute atomic E-state index is 12.4. The lowest BCUT2D eigenvalue weighted by molar-refractivity contribution is -0.384. The van der Waals surface area contributed by atoms with Crippen molar-refractivity contribution < 1.29 is 19.2 Å². The molecule has 7 nitrogen and oxygen atoms in total.